The van der Waals surface area contributed by atoms with Gasteiger partial charge in [0.2, 0.25) is 0 Å². The quantitative estimate of drug-likeness (QED) is 0.626. The molecule has 1 saturated heterocycles. The second-order valence-corrected chi connectivity index (χ2v) is 7.77. The van der Waals surface area contributed by atoms with Crippen LogP contribution >= 0.6 is 0 Å². The molecule has 1 N–H and O–H groups in total. The zero-order valence-corrected chi connectivity index (χ0v) is 17.9. The van der Waals surface area contributed by atoms with E-state index < -0.39 is 0 Å². The number of piperidine rings is 1. The highest BCUT2D eigenvalue weighted by atomic mass is 16.5. The van der Waals surface area contributed by atoms with E-state index in [0.717, 1.165) is 54.8 Å². The molecular weight excluding hydrogens is 388 g/mol. The molecular formula is C25H28N4O2. The van der Waals surface area contributed by atoms with Crippen LogP contribution in [-0.4, -0.2) is 53.8 Å². The van der Waals surface area contributed by atoms with Gasteiger partial charge < -0.3 is 19.5 Å². The molecule has 0 radical (unpaired) electrons. The first-order valence-corrected chi connectivity index (χ1v) is 10.8. The Labute approximate surface area is 182 Å². The molecule has 0 amide bonds. The van der Waals surface area contributed by atoms with Crippen molar-refractivity contribution in [2.24, 2.45) is 0 Å². The highest BCUT2D eigenvalue weighted by molar-refractivity contribution is 5.76. The number of likely N-dealkylation sites (tertiary alicyclic amines) is 1. The molecule has 3 aromatic rings. The van der Waals surface area contributed by atoms with E-state index in [2.05, 4.69) is 27.0 Å². The summed E-state index contributed by atoms with van der Waals surface area (Å²) in [7, 11) is 1.63. The number of hydrogen-bond acceptors (Lipinski definition) is 5. The van der Waals surface area contributed by atoms with E-state index in [0.29, 0.717) is 19.1 Å². The van der Waals surface area contributed by atoms with Crippen LogP contribution in [0.15, 0.2) is 59.5 Å². The smallest absolute Gasteiger partial charge is 0.269 e. The third-order valence-corrected chi connectivity index (χ3v) is 5.77. The minimum absolute atomic E-state index is 0.0747. The summed E-state index contributed by atoms with van der Waals surface area (Å²) in [5.41, 5.74) is 2.60. The molecule has 4 rings (SSSR count). The van der Waals surface area contributed by atoms with Crippen LogP contribution in [-0.2, 0) is 6.54 Å². The second kappa shape index (κ2) is 10.3. The van der Waals surface area contributed by atoms with E-state index in [4.69, 9.17) is 4.74 Å². The van der Waals surface area contributed by atoms with Crippen molar-refractivity contribution >= 4 is 11.0 Å². The molecule has 1 fully saturated rings. The summed E-state index contributed by atoms with van der Waals surface area (Å²) < 4.78 is 7.12. The molecule has 0 aliphatic carbocycles. The fourth-order valence-electron chi connectivity index (χ4n) is 3.96. The van der Waals surface area contributed by atoms with Crippen LogP contribution in [0.3, 0.4) is 0 Å². The molecule has 6 nitrogen and oxygen atoms in total. The molecule has 2 heterocycles. The van der Waals surface area contributed by atoms with Crippen LogP contribution in [0, 0.1) is 11.8 Å². The van der Waals surface area contributed by atoms with Crippen molar-refractivity contribution in [3.63, 3.8) is 0 Å². The van der Waals surface area contributed by atoms with Crippen molar-refractivity contribution < 1.29 is 4.74 Å². The fraction of sp³-hybridized carbons (Fsp3) is 0.360. The van der Waals surface area contributed by atoms with Crippen molar-refractivity contribution in [3.05, 3.63) is 70.6 Å². The van der Waals surface area contributed by atoms with Crippen LogP contribution in [0.2, 0.25) is 0 Å². The van der Waals surface area contributed by atoms with Gasteiger partial charge in [0.1, 0.15) is 5.75 Å². The molecule has 1 aliphatic rings. The second-order valence-electron chi connectivity index (χ2n) is 7.77. The Bertz CT molecular complexity index is 1120. The van der Waals surface area contributed by atoms with Gasteiger partial charge in [-0.2, -0.15) is 0 Å². The number of methoxy groups -OCH3 is 1. The molecule has 0 bridgehead atoms. The number of aromatic nitrogens is 2. The molecule has 1 aromatic heterocycles. The largest absolute Gasteiger partial charge is 0.497 e. The molecule has 2 aromatic carbocycles. The average Bonchev–Trinajstić information content (AvgIpc) is 2.82. The van der Waals surface area contributed by atoms with Crippen molar-refractivity contribution in [1.29, 1.82) is 0 Å². The Morgan fingerprint density at radius 2 is 1.94 bits per heavy atom. The summed E-state index contributed by atoms with van der Waals surface area (Å²) in [6.45, 7) is 4.23. The third kappa shape index (κ3) is 5.52. The highest BCUT2D eigenvalue weighted by Crippen LogP contribution is 2.18. The average molecular weight is 417 g/mol. The fourth-order valence-corrected chi connectivity index (χ4v) is 3.96. The van der Waals surface area contributed by atoms with Gasteiger partial charge in [-0.05, 0) is 50.2 Å². The molecule has 160 valence electrons. The van der Waals surface area contributed by atoms with Gasteiger partial charge in [0, 0.05) is 30.8 Å². The molecule has 31 heavy (non-hydrogen) atoms. The Kier molecular flexibility index (Phi) is 6.98. The van der Waals surface area contributed by atoms with Gasteiger partial charge in [0.05, 0.1) is 30.9 Å². The van der Waals surface area contributed by atoms with Crippen LogP contribution in [0.4, 0.5) is 0 Å². The van der Waals surface area contributed by atoms with E-state index in [-0.39, 0.29) is 5.56 Å². The van der Waals surface area contributed by atoms with Gasteiger partial charge in [-0.15, -0.1) is 0 Å². The van der Waals surface area contributed by atoms with Crippen LogP contribution in [0.5, 0.6) is 5.75 Å². The van der Waals surface area contributed by atoms with Crippen LogP contribution < -0.4 is 15.6 Å². The maximum absolute atomic E-state index is 12.4. The minimum atomic E-state index is -0.0747. The van der Waals surface area contributed by atoms with Gasteiger partial charge in [-0.3, -0.25) is 4.79 Å². The minimum Gasteiger partial charge on any atom is -0.497 e. The molecule has 0 atom stereocenters. The maximum Gasteiger partial charge on any atom is 0.269 e. The SMILES string of the molecule is COc1ccc2ncc(=O)n(CCN3CCC(NCC#Cc4ccccc4)CC3)c2c1. The summed E-state index contributed by atoms with van der Waals surface area (Å²) in [6.07, 6.45) is 3.58. The first kappa shape index (κ1) is 21.1. The zero-order chi connectivity index (χ0) is 21.5. The van der Waals surface area contributed by atoms with E-state index in [1.54, 1.807) is 11.7 Å². The maximum atomic E-state index is 12.4. The monoisotopic (exact) mass is 416 g/mol. The number of rotatable bonds is 6. The van der Waals surface area contributed by atoms with Crippen LogP contribution in [0.25, 0.3) is 11.0 Å². The van der Waals surface area contributed by atoms with Gasteiger partial charge in [0.25, 0.3) is 5.56 Å². The lowest BCUT2D eigenvalue weighted by Gasteiger charge is -2.32. The Morgan fingerprint density at radius 3 is 2.71 bits per heavy atom. The highest BCUT2D eigenvalue weighted by Gasteiger charge is 2.18. The predicted octanol–water partition coefficient (Wildman–Crippen LogP) is 2.51. The molecule has 1 aliphatic heterocycles. The van der Waals surface area contributed by atoms with Crippen molar-refractivity contribution in [2.45, 2.75) is 25.4 Å². The van der Waals surface area contributed by atoms with E-state index in [1.807, 2.05) is 48.5 Å². The number of nitrogens with zero attached hydrogens (tertiary/aromatic N) is 3. The molecule has 0 saturated carbocycles. The van der Waals surface area contributed by atoms with Crippen molar-refractivity contribution in [2.75, 3.05) is 33.3 Å². The van der Waals surface area contributed by atoms with E-state index in [9.17, 15) is 4.79 Å². The first-order chi connectivity index (χ1) is 15.2. The van der Waals surface area contributed by atoms with Gasteiger partial charge in [-0.25, -0.2) is 4.98 Å². The summed E-state index contributed by atoms with van der Waals surface area (Å²) in [5, 5.41) is 3.55. The topological polar surface area (TPSA) is 59.4 Å². The standard InChI is InChI=1S/C25H28N4O2/c1-31-22-9-10-23-24(18-22)29(25(30)19-27-23)17-16-28-14-11-21(12-15-28)26-13-5-8-20-6-3-2-4-7-20/h2-4,6-7,9-10,18-19,21,26H,11-17H2,1H3. The molecule has 6 heteroatoms. The number of hydrogen-bond donors (Lipinski definition) is 1. The lowest BCUT2D eigenvalue weighted by molar-refractivity contribution is 0.194. The first-order valence-electron chi connectivity index (χ1n) is 10.8. The van der Waals surface area contributed by atoms with Gasteiger partial charge in [0.15, 0.2) is 0 Å². The van der Waals surface area contributed by atoms with E-state index in [1.165, 1.54) is 6.20 Å². The van der Waals surface area contributed by atoms with Gasteiger partial charge in [-0.1, -0.05) is 30.0 Å². The summed E-state index contributed by atoms with van der Waals surface area (Å²) in [4.78, 5) is 19.1. The lowest BCUT2D eigenvalue weighted by Crippen LogP contribution is -2.44. The number of fused-ring (bicyclic) bond motifs is 1. The van der Waals surface area contributed by atoms with Crippen molar-refractivity contribution in [3.8, 4) is 17.6 Å². The summed E-state index contributed by atoms with van der Waals surface area (Å²) in [6, 6.07) is 16.2. The molecule has 0 spiro atoms. The van der Waals surface area contributed by atoms with Crippen LogP contribution in [0.1, 0.15) is 18.4 Å². The number of ether oxygens (including phenoxy) is 1. The van der Waals surface area contributed by atoms with Gasteiger partial charge >= 0.3 is 0 Å². The Hall–Kier alpha value is -3.14. The lowest BCUT2D eigenvalue weighted by atomic mass is 10.1. The number of benzene rings is 2. The van der Waals surface area contributed by atoms with Crippen molar-refractivity contribution in [1.82, 2.24) is 19.8 Å². The van der Waals surface area contributed by atoms with E-state index >= 15 is 0 Å². The predicted molar refractivity (Wildman–Crippen MR) is 123 cm³/mol. The third-order valence-electron chi connectivity index (χ3n) is 5.77. The Balaban J connectivity index is 1.28. The normalized spacial score (nSPS) is 14.9. The summed E-state index contributed by atoms with van der Waals surface area (Å²) in [5.74, 6) is 7.13. The zero-order valence-electron chi connectivity index (χ0n) is 17.9. The molecule has 0 unspecified atom stereocenters. The number of nitrogens with one attached hydrogen (secondary N) is 1. The Morgan fingerprint density at radius 1 is 1.13 bits per heavy atom. The summed E-state index contributed by atoms with van der Waals surface area (Å²) >= 11 is 0.